The lowest BCUT2D eigenvalue weighted by Crippen LogP contribution is -2.11. The van der Waals surface area contributed by atoms with Crippen molar-refractivity contribution >= 4 is 22.6 Å². The van der Waals surface area contributed by atoms with E-state index in [2.05, 4.69) is 33.6 Å². The van der Waals surface area contributed by atoms with Crippen molar-refractivity contribution in [3.8, 4) is 5.88 Å². The third-order valence-electron chi connectivity index (χ3n) is 1.75. The van der Waals surface area contributed by atoms with Crippen molar-refractivity contribution in [3.05, 3.63) is 23.9 Å². The molecule has 0 aliphatic carbocycles. The van der Waals surface area contributed by atoms with Gasteiger partial charge in [0, 0.05) is 15.7 Å². The Balaban J connectivity index is 2.44. The summed E-state index contributed by atoms with van der Waals surface area (Å²) >= 11 is 2.43. The zero-order chi connectivity index (χ0) is 7.68. The molecule has 0 aromatic carbocycles. The molecule has 0 saturated carbocycles. The summed E-state index contributed by atoms with van der Waals surface area (Å²) in [6.45, 7) is 0.803. The van der Waals surface area contributed by atoms with Gasteiger partial charge in [-0.05, 0) is 12.5 Å². The van der Waals surface area contributed by atoms with Crippen molar-refractivity contribution in [2.75, 3.05) is 6.61 Å². The van der Waals surface area contributed by atoms with Crippen LogP contribution in [0.5, 0.6) is 5.88 Å². The molecule has 0 bridgehead atoms. The Hall–Kier alpha value is -0.320. The largest absolute Gasteiger partial charge is 0.477 e. The van der Waals surface area contributed by atoms with Crippen LogP contribution in [0.25, 0.3) is 0 Å². The topological polar surface area (TPSA) is 22.1 Å². The van der Waals surface area contributed by atoms with Crippen molar-refractivity contribution in [2.45, 2.75) is 10.3 Å². The van der Waals surface area contributed by atoms with Crippen LogP contribution in [0, 0.1) is 0 Å². The quantitative estimate of drug-likeness (QED) is 0.528. The molecule has 1 aromatic rings. The highest BCUT2D eigenvalue weighted by molar-refractivity contribution is 14.1. The van der Waals surface area contributed by atoms with Gasteiger partial charge in [0.25, 0.3) is 0 Å². The second-order valence-corrected chi connectivity index (χ2v) is 4.01. The molecule has 3 heteroatoms. The predicted octanol–water partition coefficient (Wildman–Crippen LogP) is 2.34. The Kier molecular flexibility index (Phi) is 1.98. The van der Waals surface area contributed by atoms with Crippen molar-refractivity contribution in [1.29, 1.82) is 0 Å². The maximum Gasteiger partial charge on any atom is 0.217 e. The van der Waals surface area contributed by atoms with Crippen LogP contribution in [0.2, 0.25) is 0 Å². The van der Waals surface area contributed by atoms with Crippen LogP contribution in [0.4, 0.5) is 0 Å². The van der Waals surface area contributed by atoms with Crippen molar-refractivity contribution in [1.82, 2.24) is 4.98 Å². The van der Waals surface area contributed by atoms with Gasteiger partial charge in [-0.3, -0.25) is 0 Å². The van der Waals surface area contributed by atoms with E-state index in [1.54, 1.807) is 6.20 Å². The van der Waals surface area contributed by atoms with E-state index < -0.39 is 0 Å². The zero-order valence-corrected chi connectivity index (χ0v) is 8.11. The molecule has 2 nitrogen and oxygen atoms in total. The molecular formula is C8H8INO. The summed E-state index contributed by atoms with van der Waals surface area (Å²) in [6, 6.07) is 4.04. The lowest BCUT2D eigenvalue weighted by atomic mass is 10.1. The van der Waals surface area contributed by atoms with Gasteiger partial charge in [0.15, 0.2) is 0 Å². The number of aromatic nitrogens is 1. The monoisotopic (exact) mass is 261 g/mol. The first kappa shape index (κ1) is 7.34. The van der Waals surface area contributed by atoms with Crippen LogP contribution in [-0.4, -0.2) is 11.6 Å². The molecule has 0 N–H and O–H groups in total. The van der Waals surface area contributed by atoms with Gasteiger partial charge in [-0.2, -0.15) is 0 Å². The molecule has 1 unspecified atom stereocenters. The van der Waals surface area contributed by atoms with Crippen LogP contribution in [0.15, 0.2) is 18.3 Å². The van der Waals surface area contributed by atoms with Gasteiger partial charge in [-0.15, -0.1) is 0 Å². The first-order chi connectivity index (χ1) is 5.38. The average Bonchev–Trinajstić information content (AvgIpc) is 2.06. The second kappa shape index (κ2) is 2.97. The molecule has 1 atom stereocenters. The zero-order valence-electron chi connectivity index (χ0n) is 5.96. The maximum atomic E-state index is 5.38. The predicted molar refractivity (Wildman–Crippen MR) is 51.1 cm³/mol. The van der Waals surface area contributed by atoms with Crippen molar-refractivity contribution in [2.24, 2.45) is 0 Å². The van der Waals surface area contributed by atoms with Gasteiger partial charge in [0.05, 0.1) is 6.61 Å². The Morgan fingerprint density at radius 3 is 3.36 bits per heavy atom. The minimum Gasteiger partial charge on any atom is -0.477 e. The molecule has 0 fully saturated rings. The fourth-order valence-electron chi connectivity index (χ4n) is 1.18. The maximum absolute atomic E-state index is 5.38. The van der Waals surface area contributed by atoms with Gasteiger partial charge < -0.3 is 4.74 Å². The molecule has 1 aliphatic heterocycles. The highest BCUT2D eigenvalue weighted by atomic mass is 127. The van der Waals surface area contributed by atoms with Gasteiger partial charge >= 0.3 is 0 Å². The minimum atomic E-state index is 0.574. The molecule has 0 amide bonds. The molecule has 1 aromatic heterocycles. The van der Waals surface area contributed by atoms with Crippen LogP contribution in [0.3, 0.4) is 0 Å². The number of rotatable bonds is 0. The van der Waals surface area contributed by atoms with Crippen molar-refractivity contribution in [3.63, 3.8) is 0 Å². The third-order valence-corrected chi connectivity index (χ3v) is 3.04. The highest BCUT2D eigenvalue weighted by Gasteiger charge is 2.18. The van der Waals surface area contributed by atoms with Crippen LogP contribution in [-0.2, 0) is 0 Å². The average molecular weight is 261 g/mol. The lowest BCUT2D eigenvalue weighted by Gasteiger charge is -2.19. The summed E-state index contributed by atoms with van der Waals surface area (Å²) in [5.74, 6) is 0.818. The third kappa shape index (κ3) is 1.34. The molecule has 2 rings (SSSR count). The summed E-state index contributed by atoms with van der Waals surface area (Å²) in [4.78, 5) is 4.14. The summed E-state index contributed by atoms with van der Waals surface area (Å²) in [7, 11) is 0. The number of pyridine rings is 1. The van der Waals surface area contributed by atoms with E-state index in [-0.39, 0.29) is 0 Å². The normalized spacial score (nSPS) is 22.1. The van der Waals surface area contributed by atoms with Gasteiger partial charge in [-0.25, -0.2) is 4.98 Å². The van der Waals surface area contributed by atoms with Crippen molar-refractivity contribution < 1.29 is 4.74 Å². The van der Waals surface area contributed by atoms with E-state index in [1.165, 1.54) is 5.56 Å². The number of hydrogen-bond acceptors (Lipinski definition) is 2. The number of nitrogens with zero attached hydrogens (tertiary/aromatic N) is 1. The number of fused-ring (bicyclic) bond motifs is 1. The van der Waals surface area contributed by atoms with Crippen LogP contribution < -0.4 is 4.74 Å². The van der Waals surface area contributed by atoms with E-state index in [9.17, 15) is 0 Å². The SMILES string of the molecule is IC1CCOc2ncccc21. The summed E-state index contributed by atoms with van der Waals surface area (Å²) in [6.07, 6.45) is 2.87. The Morgan fingerprint density at radius 1 is 1.64 bits per heavy atom. The van der Waals surface area contributed by atoms with E-state index >= 15 is 0 Å². The molecule has 0 radical (unpaired) electrons. The highest BCUT2D eigenvalue weighted by Crippen LogP contribution is 2.35. The summed E-state index contributed by atoms with van der Waals surface area (Å²) < 4.78 is 5.95. The summed E-state index contributed by atoms with van der Waals surface area (Å²) in [5, 5.41) is 0. The number of alkyl halides is 1. The lowest BCUT2D eigenvalue weighted by molar-refractivity contribution is 0.277. The van der Waals surface area contributed by atoms with E-state index in [0.29, 0.717) is 3.92 Å². The first-order valence-corrected chi connectivity index (χ1v) is 4.84. The van der Waals surface area contributed by atoms with Crippen LogP contribution >= 0.6 is 22.6 Å². The molecule has 1 aliphatic rings. The Morgan fingerprint density at radius 2 is 2.55 bits per heavy atom. The smallest absolute Gasteiger partial charge is 0.217 e. The number of hydrogen-bond donors (Lipinski definition) is 0. The van der Waals surface area contributed by atoms with E-state index in [1.807, 2.05) is 6.07 Å². The van der Waals surface area contributed by atoms with E-state index in [0.717, 1.165) is 18.9 Å². The first-order valence-electron chi connectivity index (χ1n) is 3.60. The molecular weight excluding hydrogens is 253 g/mol. The molecule has 58 valence electrons. The molecule has 0 spiro atoms. The molecule has 11 heavy (non-hydrogen) atoms. The fourth-order valence-corrected chi connectivity index (χ4v) is 1.91. The summed E-state index contributed by atoms with van der Waals surface area (Å²) in [5.41, 5.74) is 1.24. The fraction of sp³-hybridized carbons (Fsp3) is 0.375. The minimum absolute atomic E-state index is 0.574. The number of ether oxygens (including phenoxy) is 1. The van der Waals surface area contributed by atoms with Gasteiger partial charge in [-0.1, -0.05) is 28.7 Å². The molecule has 0 saturated heterocycles. The second-order valence-electron chi connectivity index (χ2n) is 2.50. The Bertz CT molecular complexity index is 264. The van der Waals surface area contributed by atoms with Gasteiger partial charge in [0.2, 0.25) is 5.88 Å². The van der Waals surface area contributed by atoms with Gasteiger partial charge in [0.1, 0.15) is 0 Å². The Labute approximate surface area is 79.1 Å². The van der Waals surface area contributed by atoms with Crippen LogP contribution in [0.1, 0.15) is 15.9 Å². The number of halogens is 1. The van der Waals surface area contributed by atoms with E-state index in [4.69, 9.17) is 4.74 Å². The standard InChI is InChI=1S/C8H8INO/c9-7-3-5-11-8-6(7)2-1-4-10-8/h1-2,4,7H,3,5H2. The molecule has 2 heterocycles.